The molecule has 0 aliphatic carbocycles. The topological polar surface area (TPSA) is 234 Å². The van der Waals surface area contributed by atoms with Crippen molar-refractivity contribution in [2.45, 2.75) is 50.6 Å². The van der Waals surface area contributed by atoms with E-state index in [0.29, 0.717) is 57.3 Å². The highest BCUT2D eigenvalue weighted by atomic mass is 32.2. The molecule has 0 aliphatic heterocycles. The molecule has 17 nitrogen and oxygen atoms in total. The van der Waals surface area contributed by atoms with Crippen molar-refractivity contribution in [2.75, 3.05) is 0 Å². The highest BCUT2D eigenvalue weighted by Gasteiger charge is 2.21. The lowest BCUT2D eigenvalue weighted by atomic mass is 10.1. The van der Waals surface area contributed by atoms with Gasteiger partial charge in [-0.25, -0.2) is 22.9 Å². The Labute approximate surface area is 370 Å². The maximum atomic E-state index is 13.2. The van der Waals surface area contributed by atoms with E-state index in [-0.39, 0.29) is 40.1 Å². The second-order valence-corrected chi connectivity index (χ2v) is 16.3. The van der Waals surface area contributed by atoms with Gasteiger partial charge in [-0.15, -0.1) is 0 Å². The van der Waals surface area contributed by atoms with Gasteiger partial charge in [0.1, 0.15) is 11.6 Å². The van der Waals surface area contributed by atoms with E-state index in [1.807, 2.05) is 26.8 Å². The molecule has 0 fully saturated rings. The number of halogens is 2. The Kier molecular flexibility index (Phi) is 13.6. The lowest BCUT2D eigenvalue weighted by Crippen LogP contribution is -2.28. The highest BCUT2D eigenvalue weighted by molar-refractivity contribution is 7.89. The second kappa shape index (κ2) is 19.6. The number of nitrogens with two attached hydrogens (primary N) is 1. The molecule has 0 saturated carbocycles. The van der Waals surface area contributed by atoms with Crippen LogP contribution in [-0.2, 0) is 10.0 Å². The largest absolute Gasteiger partial charge is 0.478 e. The Bertz CT molecular complexity index is 3170. The van der Waals surface area contributed by atoms with E-state index in [1.165, 1.54) is 59.9 Å². The third-order valence-corrected chi connectivity index (χ3v) is 11.8. The Balaban J connectivity index is 0.000000149. The number of carboxylic acids is 1. The molecule has 65 heavy (non-hydrogen) atoms. The number of aromatic nitrogens is 10. The van der Waals surface area contributed by atoms with Crippen LogP contribution < -0.4 is 11.1 Å². The molecule has 0 saturated heterocycles. The van der Waals surface area contributed by atoms with Gasteiger partial charge in [0, 0.05) is 41.6 Å². The van der Waals surface area contributed by atoms with Crippen molar-refractivity contribution in [1.29, 1.82) is 0 Å². The molecule has 20 heteroatoms. The van der Waals surface area contributed by atoms with Crippen molar-refractivity contribution in [1.82, 2.24) is 54.2 Å². The summed E-state index contributed by atoms with van der Waals surface area (Å²) in [5.74, 6) is -1.97. The van der Waals surface area contributed by atoms with Gasteiger partial charge in [-0.3, -0.25) is 19.9 Å². The molecule has 9 aromatic rings. The molecule has 0 spiro atoms. The zero-order valence-corrected chi connectivity index (χ0v) is 35.9. The molecule has 332 valence electrons. The number of rotatable bonds is 11. The monoisotopic (exact) mass is 900 g/mol. The molecule has 5 N–H and O–H groups in total. The summed E-state index contributed by atoms with van der Waals surface area (Å²) < 4.78 is 54.9. The van der Waals surface area contributed by atoms with Crippen molar-refractivity contribution in [3.8, 4) is 11.4 Å². The zero-order chi connectivity index (χ0) is 46.3. The third-order valence-electron chi connectivity index (χ3n) is 10.2. The Morgan fingerprint density at radius 2 is 1.31 bits per heavy atom. The van der Waals surface area contributed by atoms with E-state index in [4.69, 9.17) is 10.8 Å². The summed E-state index contributed by atoms with van der Waals surface area (Å²) >= 11 is 0. The number of amides is 1. The normalized spacial score (nSPS) is 12.2. The quantitative estimate of drug-likeness (QED) is 0.100. The predicted octanol–water partition coefficient (Wildman–Crippen LogP) is 7.26. The van der Waals surface area contributed by atoms with Gasteiger partial charge in [-0.05, 0) is 92.6 Å². The first-order valence-electron chi connectivity index (χ1n) is 20.1. The Hall–Kier alpha value is -7.97. The fraction of sp³-hybridized carbons (Fsp3) is 0.156. The van der Waals surface area contributed by atoms with Gasteiger partial charge in [-0.1, -0.05) is 31.5 Å². The minimum Gasteiger partial charge on any atom is -0.478 e. The van der Waals surface area contributed by atoms with Gasteiger partial charge < -0.3 is 16.2 Å². The van der Waals surface area contributed by atoms with Crippen molar-refractivity contribution < 1.29 is 31.9 Å². The van der Waals surface area contributed by atoms with Gasteiger partial charge in [0.05, 0.1) is 80.6 Å². The number of H-pyrrole nitrogens is 1. The molecule has 0 aliphatic rings. The number of benzene rings is 3. The summed E-state index contributed by atoms with van der Waals surface area (Å²) in [6.07, 6.45) is 13.5. The van der Waals surface area contributed by atoms with E-state index < -0.39 is 16.0 Å². The van der Waals surface area contributed by atoms with Crippen LogP contribution in [0.5, 0.6) is 0 Å². The van der Waals surface area contributed by atoms with Crippen LogP contribution in [0, 0.1) is 18.6 Å². The van der Waals surface area contributed by atoms with Crippen molar-refractivity contribution >= 4 is 43.7 Å². The molecule has 2 atom stereocenters. The minimum absolute atomic E-state index is 0.0888. The number of nitrogens with one attached hydrogen (secondary N) is 2. The molecule has 1 amide bonds. The molecule has 0 bridgehead atoms. The Morgan fingerprint density at radius 3 is 1.82 bits per heavy atom. The van der Waals surface area contributed by atoms with Crippen LogP contribution in [-0.4, -0.2) is 74.3 Å². The summed E-state index contributed by atoms with van der Waals surface area (Å²) in [6.45, 7) is 5.82. The average molecular weight is 901 g/mol. The highest BCUT2D eigenvalue weighted by Crippen LogP contribution is 2.24. The number of hydrogen-bond donors (Lipinski definition) is 4. The SMILES string of the molecule is CC[C@H](N)c1ccn(S(=O)(=O)c2ccc(C)cc2)n1.CC[C@H](NC(=O)c1cncc2c1cnn2-c1ccc(F)cc1)c1ccn[nH]1.O=C(O)c1cncc2c1cnn2-c1ccc(F)cc1. The number of hydrogen-bond acceptors (Lipinski definition) is 11. The van der Waals surface area contributed by atoms with Crippen LogP contribution in [0.25, 0.3) is 33.2 Å². The molecule has 3 aromatic carbocycles. The number of carboxylic acid groups (broad SMARTS) is 1. The number of aryl methyl sites for hydroxylation is 1. The fourth-order valence-electron chi connectivity index (χ4n) is 6.59. The molecule has 6 heterocycles. The summed E-state index contributed by atoms with van der Waals surface area (Å²) in [4.78, 5) is 32.2. The van der Waals surface area contributed by atoms with Gasteiger partial charge in [0.25, 0.3) is 15.9 Å². The van der Waals surface area contributed by atoms with Crippen LogP contribution in [0.1, 0.15) is 76.4 Å². The van der Waals surface area contributed by atoms with Crippen LogP contribution in [0.4, 0.5) is 8.78 Å². The van der Waals surface area contributed by atoms with Crippen LogP contribution >= 0.6 is 0 Å². The second-order valence-electron chi connectivity index (χ2n) is 14.5. The maximum Gasteiger partial charge on any atom is 0.338 e. The van der Waals surface area contributed by atoms with Gasteiger partial charge >= 0.3 is 5.97 Å². The zero-order valence-electron chi connectivity index (χ0n) is 35.1. The van der Waals surface area contributed by atoms with Gasteiger partial charge in [-0.2, -0.15) is 32.9 Å². The first-order chi connectivity index (χ1) is 31.3. The van der Waals surface area contributed by atoms with E-state index in [2.05, 4.69) is 40.8 Å². The van der Waals surface area contributed by atoms with Gasteiger partial charge in [0.15, 0.2) is 0 Å². The number of pyridine rings is 2. The lowest BCUT2D eigenvalue weighted by Gasteiger charge is -2.15. The third kappa shape index (κ3) is 9.98. The number of fused-ring (bicyclic) bond motifs is 2. The summed E-state index contributed by atoms with van der Waals surface area (Å²) in [6, 6.07) is 21.5. The number of carbonyl (C=O) groups is 2. The number of nitrogens with zero attached hydrogens (tertiary/aromatic N) is 9. The van der Waals surface area contributed by atoms with E-state index in [1.54, 1.807) is 77.9 Å². The van der Waals surface area contributed by atoms with E-state index in [9.17, 15) is 26.8 Å². The average Bonchev–Trinajstić information content (AvgIpc) is 4.17. The van der Waals surface area contributed by atoms with Crippen LogP contribution in [0.15, 0.2) is 139 Å². The fourth-order valence-corrected chi connectivity index (χ4v) is 7.71. The summed E-state index contributed by atoms with van der Waals surface area (Å²) in [5.41, 5.74) is 11.3. The number of aromatic carboxylic acids is 1. The van der Waals surface area contributed by atoms with Crippen LogP contribution in [0.2, 0.25) is 0 Å². The van der Waals surface area contributed by atoms with Crippen molar-refractivity contribution in [2.24, 2.45) is 5.73 Å². The van der Waals surface area contributed by atoms with E-state index in [0.717, 1.165) is 15.3 Å². The number of carbonyl (C=O) groups excluding carboxylic acids is 1. The number of aromatic amines is 1. The molecule has 6 aromatic heterocycles. The Morgan fingerprint density at radius 1 is 0.754 bits per heavy atom. The molecular formula is C45H42F2N12O5S. The first kappa shape index (κ1) is 45.1. The summed E-state index contributed by atoms with van der Waals surface area (Å²) in [7, 11) is -3.63. The molecule has 9 rings (SSSR count). The standard InChI is InChI=1S/C19H17FN6O.C13H8FN3O2.C13H17N3O2S/c1-2-16(17-7-8-22-25-17)24-19(27)15-9-21-11-18-14(15)10-23-26(18)13-5-3-12(20)4-6-13;14-8-1-3-9(4-2-8)17-12-7-15-5-11(13(18)19)10(12)6-16-17;1-3-12(14)13-8-9-16(15-13)19(17,18)11-6-4-10(2)5-7-11/h3-11,16H,2H2,1H3,(H,22,25)(H,24,27);1-7H,(H,18,19);4-9,12H,3,14H2,1-2H3/t16-;;12-/m0.0/s1. The smallest absolute Gasteiger partial charge is 0.338 e. The molecule has 0 radical (unpaired) electrons. The van der Waals surface area contributed by atoms with E-state index >= 15 is 0 Å². The van der Waals surface area contributed by atoms with Crippen LogP contribution in [0.3, 0.4) is 0 Å². The maximum absolute atomic E-state index is 13.2. The summed E-state index contributed by atoms with van der Waals surface area (Å²) in [5, 5.41) is 32.6. The molecular weight excluding hydrogens is 859 g/mol. The van der Waals surface area contributed by atoms with Gasteiger partial charge in [0.2, 0.25) is 0 Å². The predicted molar refractivity (Wildman–Crippen MR) is 237 cm³/mol. The molecule has 0 unspecified atom stereocenters. The first-order valence-corrected chi connectivity index (χ1v) is 21.5. The minimum atomic E-state index is -3.63. The lowest BCUT2D eigenvalue weighted by molar-refractivity contribution is 0.0698. The van der Waals surface area contributed by atoms with Crippen molar-refractivity contribution in [3.63, 3.8) is 0 Å². The van der Waals surface area contributed by atoms with Crippen molar-refractivity contribution in [3.05, 3.63) is 174 Å².